The van der Waals surface area contributed by atoms with Crippen LogP contribution < -0.4 is 5.32 Å². The van der Waals surface area contributed by atoms with Crippen LogP contribution in [0.2, 0.25) is 10.2 Å². The Morgan fingerprint density at radius 3 is 2.62 bits per heavy atom. The first kappa shape index (κ1) is 13.1. The van der Waals surface area contributed by atoms with Crippen LogP contribution in [0.15, 0.2) is 12.3 Å². The van der Waals surface area contributed by atoms with Gasteiger partial charge in [-0.05, 0) is 6.07 Å². The van der Waals surface area contributed by atoms with Gasteiger partial charge in [0.1, 0.15) is 11.7 Å². The predicted molar refractivity (Wildman–Crippen MR) is 52.6 cm³/mol. The molecule has 16 heavy (non-hydrogen) atoms. The second kappa shape index (κ2) is 4.88. The fourth-order valence-corrected chi connectivity index (χ4v) is 1.21. The molecule has 0 saturated carbocycles. The zero-order chi connectivity index (χ0) is 12.3. The highest BCUT2D eigenvalue weighted by atomic mass is 35.5. The molecule has 1 N–H and O–H groups in total. The van der Waals surface area contributed by atoms with Gasteiger partial charge in [0.2, 0.25) is 0 Å². The van der Waals surface area contributed by atoms with Crippen molar-refractivity contribution in [2.24, 2.45) is 0 Å². The van der Waals surface area contributed by atoms with E-state index < -0.39 is 18.6 Å². The van der Waals surface area contributed by atoms with Crippen LogP contribution in [0.3, 0.4) is 0 Å². The monoisotopic (exact) mass is 272 g/mol. The molecular weight excluding hydrogens is 268 g/mol. The molecule has 3 nitrogen and oxygen atoms in total. The highest BCUT2D eigenvalue weighted by molar-refractivity contribution is 6.35. The number of nitrogens with one attached hydrogen (secondary N) is 1. The van der Waals surface area contributed by atoms with Gasteiger partial charge in [0.05, 0.1) is 10.6 Å². The van der Waals surface area contributed by atoms with E-state index in [1.54, 1.807) is 5.32 Å². The van der Waals surface area contributed by atoms with Crippen molar-refractivity contribution < 1.29 is 18.0 Å². The average molecular weight is 273 g/mol. The van der Waals surface area contributed by atoms with E-state index in [-0.39, 0.29) is 15.7 Å². The van der Waals surface area contributed by atoms with E-state index in [1.807, 2.05) is 0 Å². The lowest BCUT2D eigenvalue weighted by Crippen LogP contribution is -2.33. The van der Waals surface area contributed by atoms with Crippen molar-refractivity contribution in [2.45, 2.75) is 6.18 Å². The van der Waals surface area contributed by atoms with Gasteiger partial charge in [0, 0.05) is 6.20 Å². The summed E-state index contributed by atoms with van der Waals surface area (Å²) in [7, 11) is 0. The number of hydrogen-bond acceptors (Lipinski definition) is 2. The van der Waals surface area contributed by atoms with E-state index >= 15 is 0 Å². The minimum atomic E-state index is -4.47. The molecule has 88 valence electrons. The summed E-state index contributed by atoms with van der Waals surface area (Å²) in [5, 5.41) is 1.58. The van der Waals surface area contributed by atoms with Crippen LogP contribution in [-0.2, 0) is 0 Å². The van der Waals surface area contributed by atoms with Crippen LogP contribution in [0.1, 0.15) is 10.4 Å². The van der Waals surface area contributed by atoms with E-state index in [2.05, 4.69) is 4.98 Å². The third kappa shape index (κ3) is 3.86. The molecule has 1 heterocycles. The van der Waals surface area contributed by atoms with Crippen molar-refractivity contribution >= 4 is 29.1 Å². The zero-order valence-corrected chi connectivity index (χ0v) is 9.12. The fourth-order valence-electron chi connectivity index (χ4n) is 0.863. The maximum absolute atomic E-state index is 11.8. The molecule has 8 heteroatoms. The molecule has 0 aliphatic rings. The molecule has 0 bridgehead atoms. The Kier molecular flexibility index (Phi) is 3.98. The van der Waals surface area contributed by atoms with E-state index in [4.69, 9.17) is 23.2 Å². The zero-order valence-electron chi connectivity index (χ0n) is 7.61. The maximum Gasteiger partial charge on any atom is 0.405 e. The van der Waals surface area contributed by atoms with Crippen molar-refractivity contribution in [3.05, 3.63) is 28.0 Å². The van der Waals surface area contributed by atoms with Crippen molar-refractivity contribution in [3.63, 3.8) is 0 Å². The van der Waals surface area contributed by atoms with Gasteiger partial charge < -0.3 is 5.32 Å². The number of alkyl halides is 3. The smallest absolute Gasteiger partial charge is 0.343 e. The van der Waals surface area contributed by atoms with Crippen LogP contribution in [0.25, 0.3) is 0 Å². The summed E-state index contributed by atoms with van der Waals surface area (Å²) >= 11 is 11.1. The summed E-state index contributed by atoms with van der Waals surface area (Å²) in [5.74, 6) is -0.952. The topological polar surface area (TPSA) is 42.0 Å². The highest BCUT2D eigenvalue weighted by Gasteiger charge is 2.28. The third-order valence-electron chi connectivity index (χ3n) is 1.52. The molecule has 0 spiro atoms. The summed E-state index contributed by atoms with van der Waals surface area (Å²) in [6, 6.07) is 1.09. The largest absolute Gasteiger partial charge is 0.405 e. The third-order valence-corrected chi connectivity index (χ3v) is 2.02. The summed E-state index contributed by atoms with van der Waals surface area (Å²) in [4.78, 5) is 14.8. The number of aromatic nitrogens is 1. The maximum atomic E-state index is 11.8. The Labute approximate surface area is 98.6 Å². The molecule has 0 saturated heterocycles. The lowest BCUT2D eigenvalue weighted by Gasteiger charge is -2.09. The Morgan fingerprint density at radius 2 is 2.06 bits per heavy atom. The van der Waals surface area contributed by atoms with Crippen molar-refractivity contribution in [3.8, 4) is 0 Å². The minimum absolute atomic E-state index is 0.0263. The first-order valence-corrected chi connectivity index (χ1v) is 4.71. The molecule has 0 fully saturated rings. The number of carbonyl (C=O) groups is 1. The number of hydrogen-bond donors (Lipinski definition) is 1. The molecule has 1 aromatic heterocycles. The lowest BCUT2D eigenvalue weighted by atomic mass is 10.2. The van der Waals surface area contributed by atoms with E-state index in [9.17, 15) is 18.0 Å². The molecule has 1 aromatic rings. The SMILES string of the molecule is O=C(NCC(F)(F)F)c1cc(Cl)ncc1Cl. The van der Waals surface area contributed by atoms with Gasteiger partial charge in [-0.15, -0.1) is 0 Å². The van der Waals surface area contributed by atoms with Crippen LogP contribution in [0.5, 0.6) is 0 Å². The van der Waals surface area contributed by atoms with Crippen LogP contribution in [0, 0.1) is 0 Å². The number of rotatable bonds is 2. The number of nitrogens with zero attached hydrogens (tertiary/aromatic N) is 1. The van der Waals surface area contributed by atoms with E-state index in [0.29, 0.717) is 0 Å². The second-order valence-corrected chi connectivity index (χ2v) is 3.58. The number of pyridine rings is 1. The summed E-state index contributed by atoms with van der Waals surface area (Å²) in [6.45, 7) is -1.43. The first-order chi connectivity index (χ1) is 7.29. The summed E-state index contributed by atoms with van der Waals surface area (Å²) in [5.41, 5.74) is -0.147. The van der Waals surface area contributed by atoms with Gasteiger partial charge in [0.15, 0.2) is 0 Å². The Morgan fingerprint density at radius 1 is 1.44 bits per heavy atom. The molecule has 0 radical (unpaired) electrons. The Hall–Kier alpha value is -1.01. The number of amides is 1. The van der Waals surface area contributed by atoms with Crippen LogP contribution >= 0.6 is 23.2 Å². The Balaban J connectivity index is 2.77. The first-order valence-electron chi connectivity index (χ1n) is 3.95. The molecule has 1 amide bonds. The van der Waals surface area contributed by atoms with Crippen molar-refractivity contribution in [1.82, 2.24) is 10.3 Å². The van der Waals surface area contributed by atoms with Gasteiger partial charge in [-0.1, -0.05) is 23.2 Å². The van der Waals surface area contributed by atoms with Gasteiger partial charge in [-0.25, -0.2) is 4.98 Å². The molecule has 0 unspecified atom stereocenters. The van der Waals surface area contributed by atoms with Crippen LogP contribution in [0.4, 0.5) is 13.2 Å². The number of carbonyl (C=O) groups excluding carboxylic acids is 1. The van der Waals surface area contributed by atoms with Gasteiger partial charge >= 0.3 is 6.18 Å². The Bertz CT molecular complexity index is 409. The quantitative estimate of drug-likeness (QED) is 0.842. The standard InChI is InChI=1S/C8H5Cl2F3N2O/c9-5-2-14-6(10)1-4(5)7(16)15-3-8(11,12)13/h1-2H,3H2,(H,15,16). The average Bonchev–Trinajstić information content (AvgIpc) is 2.17. The molecule has 1 rings (SSSR count). The lowest BCUT2D eigenvalue weighted by molar-refractivity contribution is -0.123. The van der Waals surface area contributed by atoms with Crippen molar-refractivity contribution in [1.29, 1.82) is 0 Å². The summed E-state index contributed by atoms with van der Waals surface area (Å²) in [6.07, 6.45) is -3.38. The van der Waals surface area contributed by atoms with E-state index in [1.165, 1.54) is 0 Å². The fraction of sp³-hybridized carbons (Fsp3) is 0.250. The normalized spacial score (nSPS) is 11.3. The minimum Gasteiger partial charge on any atom is -0.343 e. The molecule has 0 aliphatic heterocycles. The number of halogens is 5. The predicted octanol–water partition coefficient (Wildman–Crippen LogP) is 2.68. The van der Waals surface area contributed by atoms with E-state index in [0.717, 1.165) is 12.3 Å². The van der Waals surface area contributed by atoms with Crippen molar-refractivity contribution in [2.75, 3.05) is 6.54 Å². The van der Waals surface area contributed by atoms with Gasteiger partial charge in [-0.3, -0.25) is 4.79 Å². The van der Waals surface area contributed by atoms with Gasteiger partial charge in [-0.2, -0.15) is 13.2 Å². The molecule has 0 aromatic carbocycles. The van der Waals surface area contributed by atoms with Gasteiger partial charge in [0.25, 0.3) is 5.91 Å². The van der Waals surface area contributed by atoms with Crippen LogP contribution in [-0.4, -0.2) is 23.6 Å². The molecular formula is C8H5Cl2F3N2O. The molecule has 0 aliphatic carbocycles. The summed E-state index contributed by atoms with van der Waals surface area (Å²) < 4.78 is 35.5. The highest BCUT2D eigenvalue weighted by Crippen LogP contribution is 2.18. The second-order valence-electron chi connectivity index (χ2n) is 2.78. The molecule has 0 atom stereocenters.